The predicted octanol–water partition coefficient (Wildman–Crippen LogP) is 9.28. The average molecular weight is 597 g/mol. The molecule has 0 unspecified atom stereocenters. The fourth-order valence-corrected chi connectivity index (χ4v) is 10.9. The average Bonchev–Trinajstić information content (AvgIpc) is 3.37. The molecule has 0 radical (unpaired) electrons. The molecule has 10 atom stereocenters. The Hall–Kier alpha value is -2.88. The summed E-state index contributed by atoms with van der Waals surface area (Å²) in [5, 5.41) is 0. The maximum absolute atomic E-state index is 12.6. The summed E-state index contributed by atoms with van der Waals surface area (Å²) >= 11 is 0. The number of rotatable bonds is 7. The van der Waals surface area contributed by atoms with Crippen LogP contribution in [0.2, 0.25) is 0 Å². The van der Waals surface area contributed by atoms with E-state index in [4.69, 9.17) is 9.47 Å². The minimum Gasteiger partial charge on any atom is -0.463 e. The van der Waals surface area contributed by atoms with Gasteiger partial charge in [-0.15, -0.1) is 0 Å². The Morgan fingerprint density at radius 3 is 2.07 bits per heavy atom. The van der Waals surface area contributed by atoms with Crippen LogP contribution in [0, 0.1) is 46.3 Å². The summed E-state index contributed by atoms with van der Waals surface area (Å²) in [4.78, 5) is 24.4. The van der Waals surface area contributed by atoms with Crippen LogP contribution in [0.5, 0.6) is 0 Å². The molecule has 4 heteroatoms. The Kier molecular flexibility index (Phi) is 8.83. The topological polar surface area (TPSA) is 52.6 Å². The van der Waals surface area contributed by atoms with Crippen LogP contribution in [0.3, 0.4) is 0 Å². The van der Waals surface area contributed by atoms with Gasteiger partial charge in [0, 0.05) is 19.3 Å². The van der Waals surface area contributed by atoms with E-state index in [0.717, 1.165) is 32.1 Å². The molecule has 236 valence electrons. The number of allylic oxidation sites excluding steroid dienone is 1. The lowest BCUT2D eigenvalue weighted by atomic mass is 9.43. The van der Waals surface area contributed by atoms with E-state index in [1.54, 1.807) is 6.92 Å². The number of esters is 2. The number of ether oxygens (including phenoxy) is 2. The third-order valence-corrected chi connectivity index (χ3v) is 13.0. The molecule has 0 bridgehead atoms. The minimum absolute atomic E-state index is 0.0160. The van der Waals surface area contributed by atoms with Gasteiger partial charge in [-0.2, -0.15) is 0 Å². The third-order valence-electron chi connectivity index (χ3n) is 13.0. The van der Waals surface area contributed by atoms with Gasteiger partial charge in [0.25, 0.3) is 0 Å². The molecule has 4 fully saturated rings. The smallest absolute Gasteiger partial charge is 0.302 e. The van der Waals surface area contributed by atoms with E-state index in [9.17, 15) is 9.59 Å². The monoisotopic (exact) mass is 596 g/mol. The van der Waals surface area contributed by atoms with Crippen molar-refractivity contribution in [2.24, 2.45) is 46.3 Å². The Morgan fingerprint density at radius 1 is 0.818 bits per heavy atom. The lowest BCUT2D eigenvalue weighted by molar-refractivity contribution is -0.197. The normalized spacial score (nSPS) is 36.6. The van der Waals surface area contributed by atoms with Gasteiger partial charge in [0.15, 0.2) is 0 Å². The van der Waals surface area contributed by atoms with E-state index in [1.807, 2.05) is 0 Å². The molecule has 2 aromatic rings. The van der Waals surface area contributed by atoms with E-state index in [0.29, 0.717) is 35.5 Å². The Morgan fingerprint density at radius 2 is 1.45 bits per heavy atom. The van der Waals surface area contributed by atoms with Gasteiger partial charge < -0.3 is 9.47 Å². The van der Waals surface area contributed by atoms with Gasteiger partial charge in [-0.25, -0.2) is 0 Å². The first-order chi connectivity index (χ1) is 21.1. The number of benzene rings is 2. The van der Waals surface area contributed by atoms with Crippen molar-refractivity contribution in [2.75, 3.05) is 0 Å². The van der Waals surface area contributed by atoms with Crippen LogP contribution in [0.25, 0.3) is 5.57 Å². The van der Waals surface area contributed by atoms with Crippen molar-refractivity contribution in [3.63, 3.8) is 0 Å². The van der Waals surface area contributed by atoms with Crippen LogP contribution in [0.4, 0.5) is 0 Å². The highest BCUT2D eigenvalue weighted by molar-refractivity contribution is 5.79. The first-order valence-corrected chi connectivity index (χ1v) is 17.3. The molecule has 4 nitrogen and oxygen atoms in total. The summed E-state index contributed by atoms with van der Waals surface area (Å²) in [6, 6.07) is 21.5. The van der Waals surface area contributed by atoms with Crippen molar-refractivity contribution in [2.45, 2.75) is 105 Å². The number of fused-ring (bicyclic) bond motifs is 5. The number of carbonyl (C=O) groups excluding carboxylic acids is 2. The largest absolute Gasteiger partial charge is 0.463 e. The van der Waals surface area contributed by atoms with E-state index >= 15 is 0 Å². The van der Waals surface area contributed by atoms with E-state index in [1.165, 1.54) is 49.3 Å². The van der Waals surface area contributed by atoms with Gasteiger partial charge in [-0.1, -0.05) is 87.5 Å². The Balaban J connectivity index is 1.26. The van der Waals surface area contributed by atoms with Gasteiger partial charge in [0.05, 0.1) is 0 Å². The molecule has 0 spiro atoms. The van der Waals surface area contributed by atoms with Crippen LogP contribution < -0.4 is 0 Å². The lowest BCUT2D eigenvalue weighted by Gasteiger charge is -2.62. The van der Waals surface area contributed by atoms with Gasteiger partial charge in [0.1, 0.15) is 12.2 Å². The van der Waals surface area contributed by atoms with E-state index in [-0.39, 0.29) is 35.0 Å². The van der Waals surface area contributed by atoms with Crippen molar-refractivity contribution in [3.05, 3.63) is 77.9 Å². The molecule has 4 aliphatic carbocycles. The molecular formula is C40H52O4. The Bertz CT molecular complexity index is 1310. The van der Waals surface area contributed by atoms with Crippen molar-refractivity contribution in [3.8, 4) is 0 Å². The summed E-state index contributed by atoms with van der Waals surface area (Å²) in [7, 11) is 0. The zero-order valence-electron chi connectivity index (χ0n) is 27.5. The molecule has 0 N–H and O–H groups in total. The van der Waals surface area contributed by atoms with Crippen molar-refractivity contribution in [1.82, 2.24) is 0 Å². The quantitative estimate of drug-likeness (QED) is 0.299. The summed E-state index contributed by atoms with van der Waals surface area (Å²) in [5.74, 6) is 3.07. The van der Waals surface area contributed by atoms with Gasteiger partial charge in [-0.3, -0.25) is 9.59 Å². The molecule has 0 aromatic heterocycles. The predicted molar refractivity (Wildman–Crippen MR) is 175 cm³/mol. The molecule has 0 amide bonds. The fourth-order valence-electron chi connectivity index (χ4n) is 10.9. The molecule has 0 aliphatic heterocycles. The maximum atomic E-state index is 12.6. The van der Waals surface area contributed by atoms with Gasteiger partial charge >= 0.3 is 11.9 Å². The maximum Gasteiger partial charge on any atom is 0.302 e. The molecule has 0 heterocycles. The van der Waals surface area contributed by atoms with E-state index in [2.05, 4.69) is 87.5 Å². The van der Waals surface area contributed by atoms with Crippen LogP contribution in [-0.4, -0.2) is 24.1 Å². The second kappa shape index (κ2) is 12.5. The summed E-state index contributed by atoms with van der Waals surface area (Å²) in [5.41, 5.74) is 4.01. The van der Waals surface area contributed by atoms with Crippen LogP contribution in [0.1, 0.15) is 104 Å². The number of hydrogen-bond donors (Lipinski definition) is 0. The molecule has 4 saturated carbocycles. The van der Waals surface area contributed by atoms with Crippen LogP contribution >= 0.6 is 0 Å². The zero-order valence-corrected chi connectivity index (χ0v) is 27.5. The summed E-state index contributed by atoms with van der Waals surface area (Å²) in [6.07, 6.45) is 12.4. The zero-order chi connectivity index (χ0) is 31.1. The van der Waals surface area contributed by atoms with E-state index < -0.39 is 0 Å². The highest BCUT2D eigenvalue weighted by Crippen LogP contribution is 2.69. The third kappa shape index (κ3) is 5.67. The standard InChI is InChI=1S/C40H52O4/c1-26(16-18-33(29-12-8-6-9-13-29)30-14-10-7-11-15-30)35-20-21-36-34-19-17-31-24-32(43-27(2)41)22-23-39(31,4)37(34)25-38(40(35,36)5)44-28(3)42/h6-15,18,26,31-32,34-38H,16-17,19-25H2,1-5H3/t26-,31-,32-,34+,35-,36-,37+,38-,39-,40+/m0/s1. The molecule has 0 saturated heterocycles. The van der Waals surface area contributed by atoms with Crippen LogP contribution in [0.15, 0.2) is 66.7 Å². The van der Waals surface area contributed by atoms with Crippen LogP contribution in [-0.2, 0) is 19.1 Å². The first kappa shape index (κ1) is 31.1. The minimum atomic E-state index is -0.156. The molecule has 4 aliphatic rings. The number of carbonyl (C=O) groups is 2. The molecule has 2 aromatic carbocycles. The SMILES string of the molecule is CC(=O)O[C@H]1CC[C@@]2(C)[C@@H](CC[C@H]3[C@H]2C[C@H](OC(C)=O)[C@@]2(C)[C@H]3CC[C@H]2[C@@H](C)CC=C(c2ccccc2)c2ccccc2)C1. The van der Waals surface area contributed by atoms with Gasteiger partial charge in [-0.05, 0) is 115 Å². The second-order valence-corrected chi connectivity index (χ2v) is 15.1. The van der Waals surface area contributed by atoms with Crippen molar-refractivity contribution >= 4 is 17.5 Å². The molecule has 44 heavy (non-hydrogen) atoms. The van der Waals surface area contributed by atoms with Crippen molar-refractivity contribution < 1.29 is 19.1 Å². The second-order valence-electron chi connectivity index (χ2n) is 15.1. The summed E-state index contributed by atoms with van der Waals surface area (Å²) in [6.45, 7) is 10.6. The molecule has 6 rings (SSSR count). The highest BCUT2D eigenvalue weighted by atomic mass is 16.5. The molecular weight excluding hydrogens is 544 g/mol. The summed E-state index contributed by atoms with van der Waals surface area (Å²) < 4.78 is 12.1. The first-order valence-electron chi connectivity index (χ1n) is 17.3. The fraction of sp³-hybridized carbons (Fsp3) is 0.600. The van der Waals surface area contributed by atoms with Crippen molar-refractivity contribution in [1.29, 1.82) is 0 Å². The lowest BCUT2D eigenvalue weighted by Crippen LogP contribution is -2.59. The Labute approximate surface area is 265 Å². The number of hydrogen-bond acceptors (Lipinski definition) is 4. The van der Waals surface area contributed by atoms with Gasteiger partial charge in [0.2, 0.25) is 0 Å². The highest BCUT2D eigenvalue weighted by Gasteiger charge is 2.65.